The third kappa shape index (κ3) is 3.28. The summed E-state index contributed by atoms with van der Waals surface area (Å²) in [6.07, 6.45) is 0. The lowest BCUT2D eigenvalue weighted by molar-refractivity contribution is -0.00000900. The van der Waals surface area contributed by atoms with E-state index in [2.05, 4.69) is 0 Å². The number of benzene rings is 2. The Morgan fingerprint density at radius 1 is 0.769 bits per heavy atom. The van der Waals surface area contributed by atoms with Crippen LogP contribution >= 0.6 is 0 Å². The average Bonchev–Trinajstić information content (AvgIpc) is 2.62. The van der Waals surface area contributed by atoms with Gasteiger partial charge in [0.25, 0.3) is 0 Å². The van der Waals surface area contributed by atoms with Crippen LogP contribution in [-0.4, -0.2) is 36.6 Å². The zero-order valence-electron chi connectivity index (χ0n) is 14.2. The van der Waals surface area contributed by atoms with Gasteiger partial charge in [-0.05, 0) is 0 Å². The summed E-state index contributed by atoms with van der Waals surface area (Å²) in [5.41, 5.74) is 0.740. The Morgan fingerprint density at radius 2 is 1.46 bits per heavy atom. The molecule has 0 spiro atoms. The topological polar surface area (TPSA) is 99.7 Å². The van der Waals surface area contributed by atoms with E-state index in [0.29, 0.717) is 28.0 Å². The fraction of sp³-hybridized carbons (Fsp3) is 0.167. The quantitative estimate of drug-likeness (QED) is 0.414. The molecular weight excluding hydrogens is 408 g/mol. The largest absolute Gasteiger partial charge is 1.00 e. The molecule has 8 heteroatoms. The van der Waals surface area contributed by atoms with E-state index in [1.165, 1.54) is 39.5 Å². The van der Waals surface area contributed by atoms with Crippen molar-refractivity contribution in [2.45, 2.75) is 0 Å². The van der Waals surface area contributed by atoms with Crippen LogP contribution in [0, 0.1) is 0 Å². The zero-order valence-corrected chi connectivity index (χ0v) is 15.8. The Labute approximate surface area is 159 Å². The highest BCUT2D eigenvalue weighted by Crippen LogP contribution is 2.44. The van der Waals surface area contributed by atoms with Gasteiger partial charge in [-0.15, -0.1) is 0 Å². The number of halogens is 1. The van der Waals surface area contributed by atoms with Crippen LogP contribution in [0.4, 0.5) is 0 Å². The molecule has 138 valence electrons. The maximum absolute atomic E-state index is 10.4. The first-order valence-corrected chi connectivity index (χ1v) is 7.30. The Morgan fingerprint density at radius 3 is 2.08 bits per heavy atom. The van der Waals surface area contributed by atoms with Gasteiger partial charge in [0.15, 0.2) is 11.5 Å². The van der Waals surface area contributed by atoms with Crippen molar-refractivity contribution in [3.63, 3.8) is 0 Å². The van der Waals surface area contributed by atoms with E-state index in [-0.39, 0.29) is 34.2 Å². The molecule has 0 amide bonds. The van der Waals surface area contributed by atoms with E-state index in [1.54, 1.807) is 12.1 Å². The van der Waals surface area contributed by atoms with Crippen LogP contribution in [0.15, 0.2) is 34.7 Å². The van der Waals surface area contributed by atoms with Crippen LogP contribution in [0.5, 0.6) is 34.5 Å². The van der Waals surface area contributed by atoms with Crippen molar-refractivity contribution in [2.24, 2.45) is 0 Å². The zero-order chi connectivity index (χ0) is 18.1. The van der Waals surface area contributed by atoms with Crippen molar-refractivity contribution < 1.29 is 50.9 Å². The minimum atomic E-state index is -0.396. The molecule has 1 aromatic heterocycles. The fourth-order valence-corrected chi connectivity index (χ4v) is 2.54. The number of aromatic hydroxyl groups is 3. The van der Waals surface area contributed by atoms with Gasteiger partial charge in [-0.3, -0.25) is 0 Å². The Hall–Kier alpha value is -2.87. The van der Waals surface area contributed by atoms with Crippen molar-refractivity contribution in [3.8, 4) is 45.8 Å². The summed E-state index contributed by atoms with van der Waals surface area (Å²) < 4.78 is 21.3. The number of fused-ring (bicyclic) bond motifs is 1. The lowest BCUT2D eigenvalue weighted by Crippen LogP contribution is -3.00. The molecule has 0 unspecified atom stereocenters. The Bertz CT molecular complexity index is 956. The molecular formula is C18H17BrO7. The molecule has 3 rings (SSSR count). The van der Waals surface area contributed by atoms with Crippen LogP contribution in [0.3, 0.4) is 0 Å². The summed E-state index contributed by atoms with van der Waals surface area (Å²) in [4.78, 5) is 0. The van der Waals surface area contributed by atoms with Gasteiger partial charge in [0.2, 0.25) is 11.5 Å². The van der Waals surface area contributed by atoms with E-state index >= 15 is 0 Å². The van der Waals surface area contributed by atoms with Gasteiger partial charge >= 0.3 is 11.3 Å². The SMILES string of the molecule is COc1cc(OC)c2cc(O)c(-c3cc(O)c(O)c(OC)c3)[o+]c2c1.[Br-]. The second kappa shape index (κ2) is 7.57. The predicted molar refractivity (Wildman–Crippen MR) is 90.7 cm³/mol. The maximum atomic E-state index is 10.4. The van der Waals surface area contributed by atoms with Crippen molar-refractivity contribution in [1.29, 1.82) is 0 Å². The van der Waals surface area contributed by atoms with Crippen LogP contribution < -0.4 is 31.2 Å². The minimum absolute atomic E-state index is 0. The summed E-state index contributed by atoms with van der Waals surface area (Å²) in [6.45, 7) is 0. The molecule has 0 radical (unpaired) electrons. The third-order valence-electron chi connectivity index (χ3n) is 3.80. The molecule has 0 saturated heterocycles. The van der Waals surface area contributed by atoms with Gasteiger partial charge in [0.05, 0.1) is 33.0 Å². The fourth-order valence-electron chi connectivity index (χ4n) is 2.54. The lowest BCUT2D eigenvalue weighted by Gasteiger charge is -2.07. The molecule has 3 N–H and O–H groups in total. The van der Waals surface area contributed by atoms with Crippen LogP contribution in [-0.2, 0) is 0 Å². The highest BCUT2D eigenvalue weighted by atomic mass is 79.9. The van der Waals surface area contributed by atoms with Gasteiger partial charge in [0, 0.05) is 24.3 Å². The molecule has 2 aromatic carbocycles. The third-order valence-corrected chi connectivity index (χ3v) is 3.80. The van der Waals surface area contributed by atoms with Crippen molar-refractivity contribution in [1.82, 2.24) is 0 Å². The molecule has 0 aliphatic heterocycles. The summed E-state index contributed by atoms with van der Waals surface area (Å²) in [6, 6.07) is 7.52. The normalized spacial score (nSPS) is 10.3. The van der Waals surface area contributed by atoms with Gasteiger partial charge in [0.1, 0.15) is 16.9 Å². The second-order valence-corrected chi connectivity index (χ2v) is 5.25. The first-order valence-electron chi connectivity index (χ1n) is 7.30. The molecule has 3 aromatic rings. The molecule has 7 nitrogen and oxygen atoms in total. The van der Waals surface area contributed by atoms with Gasteiger partial charge in [-0.1, -0.05) is 0 Å². The van der Waals surface area contributed by atoms with E-state index in [0.717, 1.165) is 0 Å². The number of methoxy groups -OCH3 is 3. The number of hydrogen-bond acceptors (Lipinski definition) is 6. The van der Waals surface area contributed by atoms with Crippen molar-refractivity contribution >= 4 is 11.0 Å². The molecule has 0 aliphatic rings. The Balaban J connectivity index is 0.00000243. The summed E-state index contributed by atoms with van der Waals surface area (Å²) >= 11 is 0. The summed E-state index contributed by atoms with van der Waals surface area (Å²) in [5, 5.41) is 30.5. The molecule has 0 aliphatic carbocycles. The van der Waals surface area contributed by atoms with Crippen LogP contribution in [0.1, 0.15) is 0 Å². The molecule has 0 saturated carbocycles. The smallest absolute Gasteiger partial charge is 0.402 e. The van der Waals surface area contributed by atoms with Crippen molar-refractivity contribution in [2.75, 3.05) is 21.3 Å². The number of phenols is 2. The van der Waals surface area contributed by atoms with Crippen molar-refractivity contribution in [3.05, 3.63) is 30.3 Å². The first kappa shape index (κ1) is 19.5. The highest BCUT2D eigenvalue weighted by Gasteiger charge is 2.26. The second-order valence-electron chi connectivity index (χ2n) is 5.25. The lowest BCUT2D eigenvalue weighted by atomic mass is 10.1. The standard InChI is InChI=1S/C18H16O7.BrH/c1-22-10-6-14(23-2)11-8-13(20)18(25-15(11)7-10)9-4-12(19)17(21)16(5-9)24-3;/h4-8H,1-3H3,(H2-,19,20,21);1H. The molecule has 1 heterocycles. The summed E-state index contributed by atoms with van der Waals surface area (Å²) in [5.74, 6) is 0.191. The number of phenolic OH excluding ortho intramolecular Hbond substituents is 2. The molecule has 0 atom stereocenters. The minimum Gasteiger partial charge on any atom is -1.00 e. The van der Waals surface area contributed by atoms with E-state index in [1.807, 2.05) is 0 Å². The molecule has 0 fully saturated rings. The van der Waals surface area contributed by atoms with Gasteiger partial charge < -0.3 is 46.5 Å². The molecule has 26 heavy (non-hydrogen) atoms. The summed E-state index contributed by atoms with van der Waals surface area (Å²) in [7, 11) is 4.37. The highest BCUT2D eigenvalue weighted by molar-refractivity contribution is 5.89. The van der Waals surface area contributed by atoms with Crippen LogP contribution in [0.25, 0.3) is 22.3 Å². The number of hydrogen-bond donors (Lipinski definition) is 3. The van der Waals surface area contributed by atoms with Crippen LogP contribution in [0.2, 0.25) is 0 Å². The maximum Gasteiger partial charge on any atom is 0.402 e. The molecule has 0 bridgehead atoms. The number of rotatable bonds is 4. The number of ether oxygens (including phenoxy) is 3. The Kier molecular flexibility index (Phi) is 5.66. The van der Waals surface area contributed by atoms with E-state index < -0.39 is 11.5 Å². The van der Waals surface area contributed by atoms with Gasteiger partial charge in [-0.2, -0.15) is 0 Å². The van der Waals surface area contributed by atoms with Gasteiger partial charge in [-0.25, -0.2) is 4.42 Å². The first-order chi connectivity index (χ1) is 12.0. The van der Waals surface area contributed by atoms with E-state index in [4.69, 9.17) is 18.6 Å². The average molecular weight is 425 g/mol. The van der Waals surface area contributed by atoms with E-state index in [9.17, 15) is 15.3 Å². The predicted octanol–water partition coefficient (Wildman–Crippen LogP) is 0.528. The monoisotopic (exact) mass is 424 g/mol.